The third-order valence-electron chi connectivity index (χ3n) is 2.35. The predicted molar refractivity (Wildman–Crippen MR) is 60.0 cm³/mol. The molecule has 0 saturated carbocycles. The first-order valence-electron chi connectivity index (χ1n) is 5.28. The molecule has 0 saturated heterocycles. The van der Waals surface area contributed by atoms with Gasteiger partial charge < -0.3 is 14.7 Å². The second kappa shape index (κ2) is 4.70. The van der Waals surface area contributed by atoms with Crippen molar-refractivity contribution in [3.63, 3.8) is 0 Å². The molecular weight excluding hydrogens is 204 g/mol. The Morgan fingerprint density at radius 3 is 2.94 bits per heavy atom. The SMILES string of the molecule is CCc1ccc(C(=O)NCc2cc[nH]c2)o1. The van der Waals surface area contributed by atoms with E-state index in [2.05, 4.69) is 10.3 Å². The molecule has 2 N–H and O–H groups in total. The number of hydrogen-bond donors (Lipinski definition) is 2. The van der Waals surface area contributed by atoms with Crippen molar-refractivity contribution in [2.75, 3.05) is 0 Å². The van der Waals surface area contributed by atoms with E-state index in [0.717, 1.165) is 17.7 Å². The number of carbonyl (C=O) groups excluding carboxylic acids is 1. The zero-order chi connectivity index (χ0) is 11.4. The van der Waals surface area contributed by atoms with Gasteiger partial charge in [-0.1, -0.05) is 6.92 Å². The Labute approximate surface area is 93.7 Å². The first-order valence-corrected chi connectivity index (χ1v) is 5.28. The fourth-order valence-corrected chi connectivity index (χ4v) is 1.43. The number of hydrogen-bond acceptors (Lipinski definition) is 2. The van der Waals surface area contributed by atoms with Crippen molar-refractivity contribution in [1.29, 1.82) is 0 Å². The van der Waals surface area contributed by atoms with E-state index in [4.69, 9.17) is 4.42 Å². The van der Waals surface area contributed by atoms with Crippen molar-refractivity contribution in [1.82, 2.24) is 10.3 Å². The van der Waals surface area contributed by atoms with E-state index in [1.54, 1.807) is 6.07 Å². The number of rotatable bonds is 4. The minimum Gasteiger partial charge on any atom is -0.456 e. The van der Waals surface area contributed by atoms with Gasteiger partial charge in [-0.2, -0.15) is 0 Å². The van der Waals surface area contributed by atoms with Crippen molar-refractivity contribution in [3.8, 4) is 0 Å². The maximum absolute atomic E-state index is 11.7. The molecule has 4 nitrogen and oxygen atoms in total. The van der Waals surface area contributed by atoms with Crippen molar-refractivity contribution in [2.24, 2.45) is 0 Å². The molecule has 0 aromatic carbocycles. The van der Waals surface area contributed by atoms with Crippen LogP contribution in [0.3, 0.4) is 0 Å². The van der Waals surface area contributed by atoms with Crippen LogP contribution in [0, 0.1) is 0 Å². The fraction of sp³-hybridized carbons (Fsp3) is 0.250. The van der Waals surface area contributed by atoms with Crippen LogP contribution in [0.2, 0.25) is 0 Å². The molecule has 2 rings (SSSR count). The van der Waals surface area contributed by atoms with Gasteiger partial charge in [-0.05, 0) is 23.8 Å². The molecule has 0 aliphatic carbocycles. The van der Waals surface area contributed by atoms with E-state index in [0.29, 0.717) is 12.3 Å². The van der Waals surface area contributed by atoms with Crippen molar-refractivity contribution in [3.05, 3.63) is 47.7 Å². The van der Waals surface area contributed by atoms with Crippen LogP contribution in [-0.4, -0.2) is 10.9 Å². The van der Waals surface area contributed by atoms with Crippen LogP contribution in [0.15, 0.2) is 35.0 Å². The van der Waals surface area contributed by atoms with Crippen LogP contribution in [-0.2, 0) is 13.0 Å². The summed E-state index contributed by atoms with van der Waals surface area (Å²) in [6.45, 7) is 2.49. The average Bonchev–Trinajstić information content (AvgIpc) is 2.96. The van der Waals surface area contributed by atoms with Crippen molar-refractivity contribution < 1.29 is 9.21 Å². The molecule has 0 spiro atoms. The first kappa shape index (κ1) is 10.5. The quantitative estimate of drug-likeness (QED) is 0.825. The minimum absolute atomic E-state index is 0.180. The van der Waals surface area contributed by atoms with Crippen LogP contribution in [0.4, 0.5) is 0 Å². The van der Waals surface area contributed by atoms with Crippen LogP contribution in [0.25, 0.3) is 0 Å². The molecule has 0 atom stereocenters. The maximum atomic E-state index is 11.7. The number of carbonyl (C=O) groups is 1. The van der Waals surface area contributed by atoms with Crippen molar-refractivity contribution in [2.45, 2.75) is 19.9 Å². The molecule has 0 unspecified atom stereocenters. The highest BCUT2D eigenvalue weighted by molar-refractivity contribution is 5.91. The number of aromatic nitrogens is 1. The minimum atomic E-state index is -0.180. The maximum Gasteiger partial charge on any atom is 0.287 e. The highest BCUT2D eigenvalue weighted by atomic mass is 16.3. The summed E-state index contributed by atoms with van der Waals surface area (Å²) in [6.07, 6.45) is 4.47. The van der Waals surface area contributed by atoms with E-state index in [-0.39, 0.29) is 5.91 Å². The lowest BCUT2D eigenvalue weighted by Gasteiger charge is -2.00. The van der Waals surface area contributed by atoms with Gasteiger partial charge in [-0.3, -0.25) is 4.79 Å². The van der Waals surface area contributed by atoms with E-state index in [9.17, 15) is 4.79 Å². The standard InChI is InChI=1S/C12H14N2O2/c1-2-10-3-4-11(16-10)12(15)14-8-9-5-6-13-7-9/h3-7,13H,2,8H2,1H3,(H,14,15). The summed E-state index contributed by atoms with van der Waals surface area (Å²) >= 11 is 0. The zero-order valence-electron chi connectivity index (χ0n) is 9.12. The molecule has 2 heterocycles. The monoisotopic (exact) mass is 218 g/mol. The van der Waals surface area contributed by atoms with E-state index in [1.807, 2.05) is 31.5 Å². The highest BCUT2D eigenvalue weighted by Crippen LogP contribution is 2.08. The Morgan fingerprint density at radius 2 is 2.31 bits per heavy atom. The van der Waals surface area contributed by atoms with Crippen LogP contribution < -0.4 is 5.32 Å². The zero-order valence-corrected chi connectivity index (χ0v) is 9.12. The fourth-order valence-electron chi connectivity index (χ4n) is 1.43. The largest absolute Gasteiger partial charge is 0.456 e. The van der Waals surface area contributed by atoms with Gasteiger partial charge in [0.15, 0.2) is 5.76 Å². The molecule has 1 amide bonds. The van der Waals surface area contributed by atoms with Gasteiger partial charge in [0.1, 0.15) is 5.76 Å². The topological polar surface area (TPSA) is 58.0 Å². The number of furan rings is 1. The predicted octanol–water partition coefficient (Wildman–Crippen LogP) is 2.10. The Bertz CT molecular complexity index is 457. The summed E-state index contributed by atoms with van der Waals surface area (Å²) in [5.74, 6) is 1.01. The number of aromatic amines is 1. The van der Waals surface area contributed by atoms with Crippen LogP contribution in [0.5, 0.6) is 0 Å². The lowest BCUT2D eigenvalue weighted by Crippen LogP contribution is -2.21. The first-order chi connectivity index (χ1) is 7.79. The Balaban J connectivity index is 1.93. The Kier molecular flexibility index (Phi) is 3.10. The average molecular weight is 218 g/mol. The summed E-state index contributed by atoms with van der Waals surface area (Å²) < 4.78 is 5.34. The number of H-pyrrole nitrogens is 1. The third kappa shape index (κ3) is 2.34. The smallest absolute Gasteiger partial charge is 0.287 e. The van der Waals surface area contributed by atoms with Crippen LogP contribution >= 0.6 is 0 Å². The molecule has 0 bridgehead atoms. The summed E-state index contributed by atoms with van der Waals surface area (Å²) in [6, 6.07) is 5.44. The van der Waals surface area contributed by atoms with E-state index < -0.39 is 0 Å². The molecular formula is C12H14N2O2. The molecule has 0 radical (unpaired) electrons. The summed E-state index contributed by atoms with van der Waals surface area (Å²) in [7, 11) is 0. The molecule has 0 aliphatic rings. The molecule has 2 aromatic rings. The molecule has 2 aromatic heterocycles. The molecule has 0 aliphatic heterocycles. The number of nitrogens with one attached hydrogen (secondary N) is 2. The van der Waals surface area contributed by atoms with Crippen molar-refractivity contribution >= 4 is 5.91 Å². The summed E-state index contributed by atoms with van der Waals surface area (Å²) in [4.78, 5) is 14.6. The lowest BCUT2D eigenvalue weighted by molar-refractivity contribution is 0.0921. The van der Waals surface area contributed by atoms with Gasteiger partial charge in [0.2, 0.25) is 0 Å². The normalized spacial score (nSPS) is 10.3. The van der Waals surface area contributed by atoms with E-state index in [1.165, 1.54) is 0 Å². The number of amides is 1. The van der Waals surface area contributed by atoms with Gasteiger partial charge >= 0.3 is 0 Å². The number of aryl methyl sites for hydroxylation is 1. The van der Waals surface area contributed by atoms with E-state index >= 15 is 0 Å². The molecule has 16 heavy (non-hydrogen) atoms. The highest BCUT2D eigenvalue weighted by Gasteiger charge is 2.09. The van der Waals surface area contributed by atoms with Crippen LogP contribution in [0.1, 0.15) is 28.8 Å². The summed E-state index contributed by atoms with van der Waals surface area (Å²) in [5, 5.41) is 2.79. The van der Waals surface area contributed by atoms with Gasteiger partial charge in [0.25, 0.3) is 5.91 Å². The summed E-state index contributed by atoms with van der Waals surface area (Å²) in [5.41, 5.74) is 1.04. The van der Waals surface area contributed by atoms with Gasteiger partial charge in [-0.15, -0.1) is 0 Å². The van der Waals surface area contributed by atoms with Gasteiger partial charge in [-0.25, -0.2) is 0 Å². The van der Waals surface area contributed by atoms with Gasteiger partial charge in [0, 0.05) is 25.4 Å². The molecule has 0 fully saturated rings. The molecule has 84 valence electrons. The van der Waals surface area contributed by atoms with Gasteiger partial charge in [0.05, 0.1) is 0 Å². The second-order valence-corrected chi connectivity index (χ2v) is 3.52. The Morgan fingerprint density at radius 1 is 1.44 bits per heavy atom. The molecule has 4 heteroatoms. The third-order valence-corrected chi connectivity index (χ3v) is 2.35. The lowest BCUT2D eigenvalue weighted by atomic mass is 10.3. The second-order valence-electron chi connectivity index (χ2n) is 3.52. The Hall–Kier alpha value is -1.97.